The normalized spacial score (nSPS) is 10.1. The van der Waals surface area contributed by atoms with Crippen molar-refractivity contribution >= 4 is 28.6 Å². The Hall–Kier alpha value is -1.94. The summed E-state index contributed by atoms with van der Waals surface area (Å²) >= 11 is 5.03. The van der Waals surface area contributed by atoms with Crippen LogP contribution < -0.4 is 11.1 Å². The van der Waals surface area contributed by atoms with E-state index >= 15 is 0 Å². The van der Waals surface area contributed by atoms with E-state index in [2.05, 4.69) is 42.3 Å². The quantitative estimate of drug-likeness (QED) is 0.830. The fraction of sp³-hybridized carbons (Fsp3) is 0.143. The second kappa shape index (κ2) is 5.14. The van der Waals surface area contributed by atoms with Crippen molar-refractivity contribution in [1.29, 1.82) is 0 Å². The third-order valence-electron chi connectivity index (χ3n) is 2.59. The topological polar surface area (TPSA) is 50.9 Å². The summed E-state index contributed by atoms with van der Waals surface area (Å²) in [7, 11) is 0. The molecule has 1 aromatic heterocycles. The van der Waals surface area contributed by atoms with Gasteiger partial charge >= 0.3 is 0 Å². The van der Waals surface area contributed by atoms with Crippen LogP contribution >= 0.6 is 12.2 Å². The van der Waals surface area contributed by atoms with E-state index in [9.17, 15) is 0 Å². The van der Waals surface area contributed by atoms with E-state index in [0.29, 0.717) is 4.99 Å². The Balaban J connectivity index is 2.37. The zero-order valence-corrected chi connectivity index (χ0v) is 11.2. The first-order valence-electron chi connectivity index (χ1n) is 5.65. The Morgan fingerprint density at radius 1 is 1.22 bits per heavy atom. The molecule has 0 atom stereocenters. The molecule has 0 spiro atoms. The highest BCUT2D eigenvalue weighted by atomic mass is 32.1. The Morgan fingerprint density at radius 3 is 2.50 bits per heavy atom. The molecule has 92 valence electrons. The molecule has 3 N–H and O–H groups in total. The zero-order valence-electron chi connectivity index (χ0n) is 10.4. The van der Waals surface area contributed by atoms with Crippen molar-refractivity contribution in [2.75, 3.05) is 5.32 Å². The van der Waals surface area contributed by atoms with Gasteiger partial charge in [-0.1, -0.05) is 18.3 Å². The summed E-state index contributed by atoms with van der Waals surface area (Å²) in [5.74, 6) is 0. The van der Waals surface area contributed by atoms with Gasteiger partial charge in [-0.25, -0.2) is 0 Å². The lowest BCUT2D eigenvalue weighted by atomic mass is 10.1. The van der Waals surface area contributed by atoms with Crippen LogP contribution in [-0.4, -0.2) is 9.97 Å². The average molecular weight is 257 g/mol. The van der Waals surface area contributed by atoms with Gasteiger partial charge in [0.2, 0.25) is 0 Å². The predicted molar refractivity (Wildman–Crippen MR) is 79.3 cm³/mol. The van der Waals surface area contributed by atoms with Gasteiger partial charge < -0.3 is 11.1 Å². The van der Waals surface area contributed by atoms with Crippen molar-refractivity contribution in [2.45, 2.75) is 13.8 Å². The van der Waals surface area contributed by atoms with Gasteiger partial charge in [-0.15, -0.1) is 0 Å². The molecule has 0 unspecified atom stereocenters. The standard InChI is InChI=1S/C14H15N3S/c1-9-5-10(2)7-11(6-9)17-13-8-16-4-3-12(13)14(15)18/h3-8,17H,1-2H3,(H2,15,18). The van der Waals surface area contributed by atoms with E-state index in [-0.39, 0.29) is 0 Å². The molecule has 4 heteroatoms. The first kappa shape index (κ1) is 12.5. The number of aromatic nitrogens is 1. The first-order valence-corrected chi connectivity index (χ1v) is 6.06. The maximum absolute atomic E-state index is 5.69. The largest absolute Gasteiger partial charge is 0.389 e. The van der Waals surface area contributed by atoms with Crippen molar-refractivity contribution in [3.05, 3.63) is 53.3 Å². The molecule has 1 aromatic carbocycles. The lowest BCUT2D eigenvalue weighted by Gasteiger charge is -2.11. The summed E-state index contributed by atoms with van der Waals surface area (Å²) in [4.78, 5) is 4.46. The number of rotatable bonds is 3. The highest BCUT2D eigenvalue weighted by Crippen LogP contribution is 2.21. The number of thiocarbonyl (C=S) groups is 1. The minimum atomic E-state index is 0.365. The third-order valence-corrected chi connectivity index (χ3v) is 2.81. The number of anilines is 2. The van der Waals surface area contributed by atoms with Crippen LogP contribution in [0.1, 0.15) is 16.7 Å². The second-order valence-electron chi connectivity index (χ2n) is 4.29. The first-order chi connectivity index (χ1) is 8.56. The smallest absolute Gasteiger partial charge is 0.106 e. The average Bonchev–Trinajstić information content (AvgIpc) is 2.27. The summed E-state index contributed by atoms with van der Waals surface area (Å²) in [5, 5.41) is 3.31. The van der Waals surface area contributed by atoms with Gasteiger partial charge in [0.25, 0.3) is 0 Å². The molecule has 0 aliphatic rings. The molecule has 18 heavy (non-hydrogen) atoms. The highest BCUT2D eigenvalue weighted by Gasteiger charge is 2.05. The number of nitrogens with one attached hydrogen (secondary N) is 1. The molecular weight excluding hydrogens is 242 g/mol. The monoisotopic (exact) mass is 257 g/mol. The minimum Gasteiger partial charge on any atom is -0.389 e. The Labute approximate surface area is 112 Å². The number of hydrogen-bond donors (Lipinski definition) is 2. The van der Waals surface area contributed by atoms with Crippen molar-refractivity contribution < 1.29 is 0 Å². The molecule has 1 heterocycles. The van der Waals surface area contributed by atoms with E-state index in [0.717, 1.165) is 16.9 Å². The van der Waals surface area contributed by atoms with Crippen LogP contribution in [-0.2, 0) is 0 Å². The van der Waals surface area contributed by atoms with Crippen LogP contribution in [0.25, 0.3) is 0 Å². The molecule has 0 fully saturated rings. The van der Waals surface area contributed by atoms with E-state index in [1.807, 2.05) is 6.07 Å². The van der Waals surface area contributed by atoms with Gasteiger partial charge in [0, 0.05) is 17.4 Å². The summed E-state index contributed by atoms with van der Waals surface area (Å²) in [6, 6.07) is 8.09. The van der Waals surface area contributed by atoms with E-state index in [1.165, 1.54) is 11.1 Å². The zero-order chi connectivity index (χ0) is 13.1. The third kappa shape index (κ3) is 2.84. The predicted octanol–water partition coefficient (Wildman–Crippen LogP) is 3.08. The molecule has 0 amide bonds. The van der Waals surface area contributed by atoms with Crippen LogP contribution in [0.15, 0.2) is 36.7 Å². The number of aryl methyl sites for hydroxylation is 2. The maximum atomic E-state index is 5.69. The second-order valence-corrected chi connectivity index (χ2v) is 4.73. The Morgan fingerprint density at radius 2 is 1.89 bits per heavy atom. The summed E-state index contributed by atoms with van der Waals surface area (Å²) in [6.45, 7) is 4.13. The van der Waals surface area contributed by atoms with Crippen molar-refractivity contribution in [2.24, 2.45) is 5.73 Å². The Bertz CT molecular complexity index is 573. The van der Waals surface area contributed by atoms with Crippen LogP contribution in [0.2, 0.25) is 0 Å². The van der Waals surface area contributed by atoms with Gasteiger partial charge in [0.1, 0.15) is 4.99 Å². The number of hydrogen-bond acceptors (Lipinski definition) is 3. The number of nitrogens with zero attached hydrogens (tertiary/aromatic N) is 1. The van der Waals surface area contributed by atoms with E-state index < -0.39 is 0 Å². The van der Waals surface area contributed by atoms with Crippen LogP contribution in [0.3, 0.4) is 0 Å². The van der Waals surface area contributed by atoms with Gasteiger partial charge in [-0.05, 0) is 43.2 Å². The van der Waals surface area contributed by atoms with Gasteiger partial charge in [0.05, 0.1) is 11.9 Å². The molecule has 0 bridgehead atoms. The fourth-order valence-electron chi connectivity index (χ4n) is 1.91. The van der Waals surface area contributed by atoms with E-state index in [1.54, 1.807) is 12.4 Å². The van der Waals surface area contributed by atoms with Gasteiger partial charge in [-0.3, -0.25) is 4.98 Å². The molecule has 0 aliphatic heterocycles. The van der Waals surface area contributed by atoms with Crippen LogP contribution in [0, 0.1) is 13.8 Å². The lowest BCUT2D eigenvalue weighted by Crippen LogP contribution is -2.12. The molecule has 3 nitrogen and oxygen atoms in total. The van der Waals surface area contributed by atoms with Crippen molar-refractivity contribution in [3.63, 3.8) is 0 Å². The minimum absolute atomic E-state index is 0.365. The van der Waals surface area contributed by atoms with Crippen LogP contribution in [0.5, 0.6) is 0 Å². The highest BCUT2D eigenvalue weighted by molar-refractivity contribution is 7.80. The number of pyridine rings is 1. The molecule has 0 saturated heterocycles. The van der Waals surface area contributed by atoms with Crippen molar-refractivity contribution in [3.8, 4) is 0 Å². The molecule has 0 aliphatic carbocycles. The van der Waals surface area contributed by atoms with Gasteiger partial charge in [0.15, 0.2) is 0 Å². The number of nitrogens with two attached hydrogens (primary N) is 1. The fourth-order valence-corrected chi connectivity index (χ4v) is 2.09. The number of benzene rings is 1. The summed E-state index contributed by atoms with van der Waals surface area (Å²) in [5.41, 5.74) is 10.8. The molecule has 0 radical (unpaired) electrons. The summed E-state index contributed by atoms with van der Waals surface area (Å²) < 4.78 is 0. The SMILES string of the molecule is Cc1cc(C)cc(Nc2cnccc2C(N)=S)c1. The Kier molecular flexibility index (Phi) is 3.58. The van der Waals surface area contributed by atoms with Crippen molar-refractivity contribution in [1.82, 2.24) is 4.98 Å². The molecule has 2 aromatic rings. The molecule has 2 rings (SSSR count). The lowest BCUT2D eigenvalue weighted by molar-refractivity contribution is 1.30. The molecular formula is C14H15N3S. The molecule has 0 saturated carbocycles. The van der Waals surface area contributed by atoms with E-state index in [4.69, 9.17) is 18.0 Å². The maximum Gasteiger partial charge on any atom is 0.106 e. The van der Waals surface area contributed by atoms with Crippen LogP contribution in [0.4, 0.5) is 11.4 Å². The summed E-state index contributed by atoms with van der Waals surface area (Å²) in [6.07, 6.45) is 3.41. The van der Waals surface area contributed by atoms with Gasteiger partial charge in [-0.2, -0.15) is 0 Å².